The fourth-order valence-corrected chi connectivity index (χ4v) is 3.62. The zero-order chi connectivity index (χ0) is 22.4. The van der Waals surface area contributed by atoms with Crippen LogP contribution < -0.4 is 14.8 Å². The second kappa shape index (κ2) is 10.4. The molecule has 0 aromatic heterocycles. The number of carboxylic acids is 1. The van der Waals surface area contributed by atoms with E-state index >= 15 is 0 Å². The minimum absolute atomic E-state index is 0.252. The number of aromatic carboxylic acids is 1. The van der Waals surface area contributed by atoms with Crippen LogP contribution in [0, 0.1) is 13.8 Å². The first-order chi connectivity index (χ1) is 14.9. The molecule has 2 N–H and O–H groups in total. The van der Waals surface area contributed by atoms with E-state index < -0.39 is 5.97 Å². The second-order valence-electron chi connectivity index (χ2n) is 7.23. The van der Waals surface area contributed by atoms with E-state index in [4.69, 9.17) is 9.47 Å². The maximum Gasteiger partial charge on any atom is 0.335 e. The second-order valence-corrected chi connectivity index (χ2v) is 8.08. The van der Waals surface area contributed by atoms with Crippen molar-refractivity contribution in [2.45, 2.75) is 33.9 Å². The number of anilines is 1. The first-order valence-electron chi connectivity index (χ1n) is 10.1. The number of nitrogens with one attached hydrogen (secondary N) is 1. The fourth-order valence-electron chi connectivity index (χ4n) is 3.16. The van der Waals surface area contributed by atoms with Crippen molar-refractivity contribution >= 4 is 27.6 Å². The number of hydrogen-bond donors (Lipinski definition) is 2. The average molecular weight is 484 g/mol. The van der Waals surface area contributed by atoms with E-state index in [1.807, 2.05) is 38.1 Å². The van der Waals surface area contributed by atoms with Gasteiger partial charge in [-0.05, 0) is 67.3 Å². The Morgan fingerprint density at radius 2 is 1.71 bits per heavy atom. The van der Waals surface area contributed by atoms with Crippen LogP contribution in [0.25, 0.3) is 0 Å². The highest BCUT2D eigenvalue weighted by Gasteiger charge is 2.13. The Morgan fingerprint density at radius 1 is 0.968 bits per heavy atom. The van der Waals surface area contributed by atoms with E-state index in [1.54, 1.807) is 18.2 Å². The molecule has 3 aromatic rings. The van der Waals surface area contributed by atoms with Gasteiger partial charge >= 0.3 is 5.97 Å². The molecule has 0 saturated carbocycles. The summed E-state index contributed by atoms with van der Waals surface area (Å²) >= 11 is 3.63. The summed E-state index contributed by atoms with van der Waals surface area (Å²) in [6.45, 7) is 7.42. The molecule has 0 amide bonds. The molecule has 31 heavy (non-hydrogen) atoms. The highest BCUT2D eigenvalue weighted by molar-refractivity contribution is 9.10. The Hall–Kier alpha value is -2.99. The topological polar surface area (TPSA) is 67.8 Å². The summed E-state index contributed by atoms with van der Waals surface area (Å²) in [4.78, 5) is 11.3. The summed E-state index contributed by atoms with van der Waals surface area (Å²) in [5.74, 6) is 0.398. The monoisotopic (exact) mass is 483 g/mol. The van der Waals surface area contributed by atoms with Crippen LogP contribution in [0.15, 0.2) is 59.1 Å². The molecule has 0 aliphatic heterocycles. The van der Waals surface area contributed by atoms with Crippen molar-refractivity contribution in [3.05, 3.63) is 86.9 Å². The van der Waals surface area contributed by atoms with Crippen LogP contribution in [0.3, 0.4) is 0 Å². The van der Waals surface area contributed by atoms with Crippen LogP contribution in [0.2, 0.25) is 0 Å². The van der Waals surface area contributed by atoms with Gasteiger partial charge in [0, 0.05) is 16.7 Å². The van der Waals surface area contributed by atoms with Crippen molar-refractivity contribution in [1.29, 1.82) is 0 Å². The first-order valence-corrected chi connectivity index (χ1v) is 10.9. The van der Waals surface area contributed by atoms with E-state index in [0.29, 0.717) is 31.3 Å². The third-order valence-corrected chi connectivity index (χ3v) is 5.75. The standard InChI is InChI=1S/C25H26BrNO4/c1-4-30-23-12-20(14-27-22-11-18(25(28)29)10-9-17(22)3)21(26)13-24(23)31-15-19-8-6-5-7-16(19)2/h5-13,27H,4,14-15H2,1-3H3,(H,28,29). The molecule has 0 aliphatic carbocycles. The minimum Gasteiger partial charge on any atom is -0.490 e. The Labute approximate surface area is 191 Å². The number of hydrogen-bond acceptors (Lipinski definition) is 4. The molecule has 0 spiro atoms. The van der Waals surface area contributed by atoms with Gasteiger partial charge in [-0.3, -0.25) is 0 Å². The molecular formula is C25H26BrNO4. The van der Waals surface area contributed by atoms with Gasteiger partial charge in [0.05, 0.1) is 12.2 Å². The SMILES string of the molecule is CCOc1cc(CNc2cc(C(=O)O)ccc2C)c(Br)cc1OCc1ccccc1C. The van der Waals surface area contributed by atoms with Gasteiger partial charge in [0.1, 0.15) is 6.61 Å². The lowest BCUT2D eigenvalue weighted by Gasteiger charge is -2.17. The van der Waals surface area contributed by atoms with Crippen molar-refractivity contribution in [3.63, 3.8) is 0 Å². The quantitative estimate of drug-likeness (QED) is 0.370. The molecule has 0 fully saturated rings. The van der Waals surface area contributed by atoms with Crippen LogP contribution in [-0.4, -0.2) is 17.7 Å². The maximum absolute atomic E-state index is 11.3. The van der Waals surface area contributed by atoms with Crippen LogP contribution in [0.5, 0.6) is 11.5 Å². The Morgan fingerprint density at radius 3 is 2.42 bits per heavy atom. The van der Waals surface area contributed by atoms with Crippen LogP contribution >= 0.6 is 15.9 Å². The summed E-state index contributed by atoms with van der Waals surface area (Å²) in [5.41, 5.74) is 5.29. The zero-order valence-corrected chi connectivity index (χ0v) is 19.5. The lowest BCUT2D eigenvalue weighted by molar-refractivity contribution is 0.0697. The Kier molecular flexibility index (Phi) is 7.58. The average Bonchev–Trinajstić information content (AvgIpc) is 2.74. The molecule has 3 rings (SSSR count). The fraction of sp³-hybridized carbons (Fsp3) is 0.240. The number of benzene rings is 3. The smallest absolute Gasteiger partial charge is 0.335 e. The minimum atomic E-state index is -0.946. The highest BCUT2D eigenvalue weighted by atomic mass is 79.9. The molecule has 0 aliphatic rings. The predicted octanol–water partition coefficient (Wildman–Crippen LogP) is 6.35. The van der Waals surface area contributed by atoms with Crippen molar-refractivity contribution in [3.8, 4) is 11.5 Å². The third kappa shape index (κ3) is 5.79. The maximum atomic E-state index is 11.3. The molecule has 6 heteroatoms. The Balaban J connectivity index is 1.79. The highest BCUT2D eigenvalue weighted by Crippen LogP contribution is 2.35. The summed E-state index contributed by atoms with van der Waals surface area (Å²) in [6.07, 6.45) is 0. The first kappa shape index (κ1) is 22.7. The largest absolute Gasteiger partial charge is 0.490 e. The lowest BCUT2D eigenvalue weighted by atomic mass is 10.1. The van der Waals surface area contributed by atoms with Gasteiger partial charge in [0.15, 0.2) is 11.5 Å². The number of carboxylic acid groups (broad SMARTS) is 1. The molecule has 0 bridgehead atoms. The van der Waals surface area contributed by atoms with E-state index in [-0.39, 0.29) is 5.56 Å². The van der Waals surface area contributed by atoms with Crippen molar-refractivity contribution in [2.24, 2.45) is 0 Å². The van der Waals surface area contributed by atoms with E-state index in [2.05, 4.69) is 40.3 Å². The number of carbonyl (C=O) groups is 1. The normalized spacial score (nSPS) is 10.6. The summed E-state index contributed by atoms with van der Waals surface area (Å²) in [6, 6.07) is 17.0. The molecule has 3 aromatic carbocycles. The zero-order valence-electron chi connectivity index (χ0n) is 17.9. The van der Waals surface area contributed by atoms with E-state index in [1.165, 1.54) is 5.56 Å². The van der Waals surface area contributed by atoms with Gasteiger partial charge in [-0.1, -0.05) is 46.3 Å². The van der Waals surface area contributed by atoms with Gasteiger partial charge in [0.25, 0.3) is 0 Å². The van der Waals surface area contributed by atoms with Crippen molar-refractivity contribution in [2.75, 3.05) is 11.9 Å². The number of halogens is 1. The summed E-state index contributed by atoms with van der Waals surface area (Å²) in [5, 5.41) is 12.6. The number of aryl methyl sites for hydroxylation is 2. The van der Waals surface area contributed by atoms with E-state index in [9.17, 15) is 9.90 Å². The number of ether oxygens (including phenoxy) is 2. The van der Waals surface area contributed by atoms with Gasteiger partial charge in [-0.25, -0.2) is 4.79 Å². The molecule has 5 nitrogen and oxygen atoms in total. The molecule has 162 valence electrons. The van der Waals surface area contributed by atoms with Crippen LogP contribution in [-0.2, 0) is 13.2 Å². The van der Waals surface area contributed by atoms with Gasteiger partial charge < -0.3 is 19.9 Å². The van der Waals surface area contributed by atoms with Gasteiger partial charge in [-0.2, -0.15) is 0 Å². The molecular weight excluding hydrogens is 458 g/mol. The molecule has 0 radical (unpaired) electrons. The Bertz CT molecular complexity index is 1080. The molecule has 0 atom stereocenters. The van der Waals surface area contributed by atoms with Crippen LogP contribution in [0.4, 0.5) is 5.69 Å². The van der Waals surface area contributed by atoms with Crippen molar-refractivity contribution < 1.29 is 19.4 Å². The third-order valence-electron chi connectivity index (χ3n) is 5.01. The van der Waals surface area contributed by atoms with Crippen LogP contribution in [0.1, 0.15) is 39.5 Å². The molecule has 0 unspecified atom stereocenters. The van der Waals surface area contributed by atoms with Gasteiger partial charge in [0.2, 0.25) is 0 Å². The van der Waals surface area contributed by atoms with Crippen molar-refractivity contribution in [1.82, 2.24) is 0 Å². The lowest BCUT2D eigenvalue weighted by Crippen LogP contribution is -2.06. The number of rotatable bonds is 9. The molecule has 0 saturated heterocycles. The summed E-state index contributed by atoms with van der Waals surface area (Å²) < 4.78 is 12.8. The predicted molar refractivity (Wildman–Crippen MR) is 126 cm³/mol. The van der Waals surface area contributed by atoms with Gasteiger partial charge in [-0.15, -0.1) is 0 Å². The molecule has 0 heterocycles. The van der Waals surface area contributed by atoms with E-state index in [0.717, 1.165) is 26.9 Å². The summed E-state index contributed by atoms with van der Waals surface area (Å²) in [7, 11) is 0.